The van der Waals surface area contributed by atoms with Gasteiger partial charge in [0.15, 0.2) is 0 Å². The van der Waals surface area contributed by atoms with Gasteiger partial charge >= 0.3 is 0 Å². The summed E-state index contributed by atoms with van der Waals surface area (Å²) in [7, 11) is 0. The minimum atomic E-state index is -0.959. The fraction of sp³-hybridized carbons (Fsp3) is 0.355. The highest BCUT2D eigenvalue weighted by Gasteiger charge is 2.38. The third-order valence-electron chi connectivity index (χ3n) is 7.87. The molecule has 2 aliphatic heterocycles. The number of hydrogen-bond acceptors (Lipinski definition) is 4. The molecule has 2 saturated heterocycles. The molecule has 5 rings (SSSR count). The topological polar surface area (TPSA) is 82.6 Å². The SMILES string of the molecule is O=C(CCCC(=O)N1CC[C@@H]2CN(C(=O)c3ccc(F)c(-c4c(F)cccc4F)n3)C[C@@H]2CC1)Nc1ccccc1. The number of aromatic nitrogens is 1. The first-order valence-corrected chi connectivity index (χ1v) is 13.8. The maximum atomic E-state index is 14.5. The molecule has 3 aromatic rings. The number of fused-ring (bicyclic) bond motifs is 1. The number of benzene rings is 2. The van der Waals surface area contributed by atoms with Crippen LogP contribution in [0.2, 0.25) is 0 Å². The van der Waals surface area contributed by atoms with Crippen LogP contribution in [0.25, 0.3) is 11.3 Å². The van der Waals surface area contributed by atoms with Crippen molar-refractivity contribution in [2.45, 2.75) is 32.1 Å². The summed E-state index contributed by atoms with van der Waals surface area (Å²) in [6.45, 7) is 2.08. The van der Waals surface area contributed by atoms with Crippen molar-refractivity contribution in [2.75, 3.05) is 31.5 Å². The fourth-order valence-electron chi connectivity index (χ4n) is 5.69. The monoisotopic (exact) mass is 564 g/mol. The van der Waals surface area contributed by atoms with Crippen molar-refractivity contribution < 1.29 is 27.6 Å². The first kappa shape index (κ1) is 28.3. The molecule has 2 aromatic carbocycles. The van der Waals surface area contributed by atoms with Crippen molar-refractivity contribution in [3.05, 3.63) is 83.8 Å². The summed E-state index contributed by atoms with van der Waals surface area (Å²) in [6.07, 6.45) is 2.49. The standard InChI is InChI=1S/C31H31F3N4O3/c32-23-8-4-9-24(33)29(23)30-25(34)12-13-26(36-30)31(41)38-18-20-14-16-37(17-15-21(20)19-38)28(40)11-5-10-27(39)35-22-6-2-1-3-7-22/h1-4,6-9,12-13,20-21H,5,10-11,14-19H2,(H,35,39)/t20-,21+. The molecule has 1 N–H and O–H groups in total. The highest BCUT2D eigenvalue weighted by Crippen LogP contribution is 2.33. The number of pyridine rings is 1. The van der Waals surface area contributed by atoms with Crippen LogP contribution < -0.4 is 5.32 Å². The second-order valence-corrected chi connectivity index (χ2v) is 10.6. The van der Waals surface area contributed by atoms with Crippen LogP contribution in [0.4, 0.5) is 18.9 Å². The lowest BCUT2D eigenvalue weighted by molar-refractivity contribution is -0.131. The summed E-state index contributed by atoms with van der Waals surface area (Å²) in [5.74, 6) is -2.97. The third kappa shape index (κ3) is 6.58. The van der Waals surface area contributed by atoms with E-state index in [1.807, 2.05) is 35.2 Å². The normalized spacial score (nSPS) is 18.5. The lowest BCUT2D eigenvalue weighted by Gasteiger charge is -2.22. The van der Waals surface area contributed by atoms with Gasteiger partial charge in [-0.05, 0) is 67.5 Å². The van der Waals surface area contributed by atoms with E-state index < -0.39 is 34.6 Å². The molecule has 41 heavy (non-hydrogen) atoms. The van der Waals surface area contributed by atoms with E-state index >= 15 is 0 Å². The van der Waals surface area contributed by atoms with Crippen molar-refractivity contribution in [1.29, 1.82) is 0 Å². The Hall–Kier alpha value is -4.21. The van der Waals surface area contributed by atoms with Crippen LogP contribution in [-0.2, 0) is 9.59 Å². The minimum absolute atomic E-state index is 0.0221. The third-order valence-corrected chi connectivity index (χ3v) is 7.87. The second kappa shape index (κ2) is 12.5. The average Bonchev–Trinajstić information content (AvgIpc) is 3.26. The highest BCUT2D eigenvalue weighted by molar-refractivity contribution is 5.93. The van der Waals surface area contributed by atoms with Gasteiger partial charge in [0.25, 0.3) is 5.91 Å². The zero-order valence-electron chi connectivity index (χ0n) is 22.5. The van der Waals surface area contributed by atoms with E-state index in [1.165, 1.54) is 12.1 Å². The first-order chi connectivity index (χ1) is 19.8. The smallest absolute Gasteiger partial charge is 0.272 e. The number of rotatable bonds is 7. The Bertz CT molecular complexity index is 1400. The molecule has 0 spiro atoms. The summed E-state index contributed by atoms with van der Waals surface area (Å²) >= 11 is 0. The Kier molecular flexibility index (Phi) is 8.66. The van der Waals surface area contributed by atoms with Gasteiger partial charge in [0, 0.05) is 44.7 Å². The predicted molar refractivity (Wildman–Crippen MR) is 147 cm³/mol. The first-order valence-electron chi connectivity index (χ1n) is 13.8. The molecular weight excluding hydrogens is 533 g/mol. The van der Waals surface area contributed by atoms with Gasteiger partial charge in [-0.3, -0.25) is 14.4 Å². The van der Waals surface area contributed by atoms with Gasteiger partial charge in [-0.25, -0.2) is 18.2 Å². The Labute approximate surface area is 236 Å². The van der Waals surface area contributed by atoms with Gasteiger partial charge in [-0.1, -0.05) is 24.3 Å². The van der Waals surface area contributed by atoms with Crippen LogP contribution in [0, 0.1) is 29.3 Å². The van der Waals surface area contributed by atoms with Crippen molar-refractivity contribution in [2.24, 2.45) is 11.8 Å². The van der Waals surface area contributed by atoms with E-state index in [-0.39, 0.29) is 35.8 Å². The summed E-state index contributed by atoms with van der Waals surface area (Å²) < 4.78 is 43.0. The van der Waals surface area contributed by atoms with E-state index in [2.05, 4.69) is 10.3 Å². The van der Waals surface area contributed by atoms with Crippen molar-refractivity contribution in [3.8, 4) is 11.3 Å². The van der Waals surface area contributed by atoms with Gasteiger partial charge in [0.2, 0.25) is 11.8 Å². The molecule has 2 atom stereocenters. The molecule has 0 radical (unpaired) electrons. The van der Waals surface area contributed by atoms with E-state index in [1.54, 1.807) is 4.90 Å². The van der Waals surface area contributed by atoms with Crippen LogP contribution in [0.5, 0.6) is 0 Å². The number of anilines is 1. The lowest BCUT2D eigenvalue weighted by atomic mass is 9.92. The van der Waals surface area contributed by atoms with Crippen LogP contribution in [-0.4, -0.2) is 58.7 Å². The quantitative estimate of drug-likeness (QED) is 0.423. The number of carbonyl (C=O) groups is 3. The maximum Gasteiger partial charge on any atom is 0.272 e. The summed E-state index contributed by atoms with van der Waals surface area (Å²) in [4.78, 5) is 45.8. The molecule has 7 nitrogen and oxygen atoms in total. The maximum absolute atomic E-state index is 14.5. The zero-order chi connectivity index (χ0) is 28.9. The highest BCUT2D eigenvalue weighted by atomic mass is 19.1. The lowest BCUT2D eigenvalue weighted by Crippen LogP contribution is -2.34. The summed E-state index contributed by atoms with van der Waals surface area (Å²) in [5.41, 5.74) is -0.488. The van der Waals surface area contributed by atoms with Crippen LogP contribution >= 0.6 is 0 Å². The zero-order valence-corrected chi connectivity index (χ0v) is 22.5. The number of para-hydroxylation sites is 1. The Balaban J connectivity index is 1.13. The van der Waals surface area contributed by atoms with Crippen molar-refractivity contribution >= 4 is 23.4 Å². The molecule has 3 heterocycles. The molecule has 0 bridgehead atoms. The number of nitrogens with one attached hydrogen (secondary N) is 1. The van der Waals surface area contributed by atoms with Crippen LogP contribution in [0.3, 0.4) is 0 Å². The van der Waals surface area contributed by atoms with Crippen molar-refractivity contribution in [1.82, 2.24) is 14.8 Å². The fourth-order valence-corrected chi connectivity index (χ4v) is 5.69. The van der Waals surface area contributed by atoms with Gasteiger partial charge in [-0.15, -0.1) is 0 Å². The van der Waals surface area contributed by atoms with Gasteiger partial charge in [0.05, 0.1) is 5.56 Å². The molecule has 0 unspecified atom stereocenters. The average molecular weight is 565 g/mol. The Morgan fingerprint density at radius 1 is 0.780 bits per heavy atom. The molecule has 2 fully saturated rings. The number of likely N-dealkylation sites (tertiary alicyclic amines) is 2. The molecule has 0 aliphatic carbocycles. The molecular formula is C31H31F3N4O3. The van der Waals surface area contributed by atoms with Crippen LogP contribution in [0.1, 0.15) is 42.6 Å². The van der Waals surface area contributed by atoms with Gasteiger partial charge in [-0.2, -0.15) is 0 Å². The molecule has 214 valence electrons. The number of carbonyl (C=O) groups excluding carboxylic acids is 3. The van der Waals surface area contributed by atoms with E-state index in [9.17, 15) is 27.6 Å². The molecule has 1 aromatic heterocycles. The van der Waals surface area contributed by atoms with Crippen molar-refractivity contribution in [3.63, 3.8) is 0 Å². The van der Waals surface area contributed by atoms with Gasteiger partial charge in [0.1, 0.15) is 28.8 Å². The van der Waals surface area contributed by atoms with Gasteiger partial charge < -0.3 is 15.1 Å². The molecule has 10 heteroatoms. The number of halogens is 3. The summed E-state index contributed by atoms with van der Waals surface area (Å²) in [5, 5.41) is 2.82. The van der Waals surface area contributed by atoms with Crippen LogP contribution in [0.15, 0.2) is 60.7 Å². The molecule has 2 aliphatic rings. The predicted octanol–water partition coefficient (Wildman–Crippen LogP) is 5.29. The number of nitrogens with zero attached hydrogens (tertiary/aromatic N) is 3. The van der Waals surface area contributed by atoms with E-state index in [0.29, 0.717) is 39.0 Å². The number of hydrogen-bond donors (Lipinski definition) is 1. The van der Waals surface area contributed by atoms with E-state index in [0.717, 1.165) is 36.7 Å². The molecule has 0 saturated carbocycles. The minimum Gasteiger partial charge on any atom is -0.343 e. The largest absolute Gasteiger partial charge is 0.343 e. The summed E-state index contributed by atoms with van der Waals surface area (Å²) in [6, 6.07) is 14.6. The Morgan fingerprint density at radius 3 is 2.10 bits per heavy atom. The Morgan fingerprint density at radius 2 is 1.44 bits per heavy atom. The van der Waals surface area contributed by atoms with E-state index in [4.69, 9.17) is 0 Å². The second-order valence-electron chi connectivity index (χ2n) is 10.6. The number of amides is 3. The molecule has 3 amide bonds.